The van der Waals surface area contributed by atoms with Gasteiger partial charge in [0.2, 0.25) is 5.91 Å². The third-order valence-electron chi connectivity index (χ3n) is 2.33. The summed E-state index contributed by atoms with van der Waals surface area (Å²) in [5, 5.41) is 0. The molecule has 0 aliphatic carbocycles. The molecule has 5 heteroatoms. The van der Waals surface area contributed by atoms with Gasteiger partial charge >= 0.3 is 0 Å². The van der Waals surface area contributed by atoms with Gasteiger partial charge < -0.3 is 10.6 Å². The fraction of sp³-hybridized carbons (Fsp3) is 0.455. The van der Waals surface area contributed by atoms with Crippen molar-refractivity contribution in [3.63, 3.8) is 0 Å². The molecule has 0 spiro atoms. The molecule has 16 heavy (non-hydrogen) atoms. The Labute approximate surface area is 100 Å². The lowest BCUT2D eigenvalue weighted by atomic mass is 10.2. The number of pyridine rings is 1. The summed E-state index contributed by atoms with van der Waals surface area (Å²) in [5.74, 6) is 0.845. The predicted octanol–water partition coefficient (Wildman–Crippen LogP) is 1.12. The molecular weight excluding hydrogens is 222 g/mol. The van der Waals surface area contributed by atoms with Crippen LogP contribution in [0.25, 0.3) is 0 Å². The van der Waals surface area contributed by atoms with Crippen LogP contribution in [0, 0.1) is 0 Å². The van der Waals surface area contributed by atoms with Crippen LogP contribution in [-0.4, -0.2) is 36.0 Å². The van der Waals surface area contributed by atoms with E-state index in [-0.39, 0.29) is 5.91 Å². The number of hydrogen-bond acceptors (Lipinski definition) is 4. The summed E-state index contributed by atoms with van der Waals surface area (Å²) < 4.78 is 0. The zero-order valence-electron chi connectivity index (χ0n) is 9.59. The van der Waals surface area contributed by atoms with Gasteiger partial charge in [-0.2, -0.15) is 11.8 Å². The Bertz CT molecular complexity index is 331. The van der Waals surface area contributed by atoms with Crippen LogP contribution in [0.2, 0.25) is 0 Å². The molecule has 0 radical (unpaired) electrons. The molecule has 4 nitrogen and oxygen atoms in total. The number of amides is 1. The van der Waals surface area contributed by atoms with Gasteiger partial charge in [-0.15, -0.1) is 0 Å². The number of carbonyl (C=O) groups is 1. The van der Waals surface area contributed by atoms with Gasteiger partial charge in [-0.1, -0.05) is 0 Å². The van der Waals surface area contributed by atoms with Gasteiger partial charge in [0.05, 0.1) is 6.04 Å². The molecule has 1 aromatic heterocycles. The highest BCUT2D eigenvalue weighted by Gasteiger charge is 2.18. The van der Waals surface area contributed by atoms with Crippen molar-refractivity contribution in [2.75, 3.05) is 24.0 Å². The number of nitrogens with two attached hydrogens (primary N) is 1. The maximum atomic E-state index is 11.9. The van der Waals surface area contributed by atoms with Gasteiger partial charge in [0.15, 0.2) is 0 Å². The first-order valence-electron chi connectivity index (χ1n) is 5.09. The van der Waals surface area contributed by atoms with E-state index in [2.05, 4.69) is 4.98 Å². The second-order valence-corrected chi connectivity index (χ2v) is 4.48. The van der Waals surface area contributed by atoms with E-state index in [0.29, 0.717) is 6.42 Å². The van der Waals surface area contributed by atoms with Crippen LogP contribution in [0.15, 0.2) is 24.5 Å². The Morgan fingerprint density at radius 3 is 2.75 bits per heavy atom. The van der Waals surface area contributed by atoms with Gasteiger partial charge in [-0.05, 0) is 30.6 Å². The number of anilines is 1. The summed E-state index contributed by atoms with van der Waals surface area (Å²) >= 11 is 1.69. The Kier molecular flexibility index (Phi) is 5.28. The minimum atomic E-state index is -0.425. The molecule has 0 saturated carbocycles. The van der Waals surface area contributed by atoms with Crippen molar-refractivity contribution < 1.29 is 4.79 Å². The molecular formula is C11H17N3OS. The molecule has 0 aliphatic heterocycles. The fourth-order valence-corrected chi connectivity index (χ4v) is 1.80. The Morgan fingerprint density at radius 2 is 2.19 bits per heavy atom. The molecule has 1 heterocycles. The third kappa shape index (κ3) is 3.50. The van der Waals surface area contributed by atoms with Crippen molar-refractivity contribution in [3.8, 4) is 0 Å². The molecule has 1 rings (SSSR count). The second-order valence-electron chi connectivity index (χ2n) is 3.49. The van der Waals surface area contributed by atoms with Gasteiger partial charge in [0.25, 0.3) is 0 Å². The van der Waals surface area contributed by atoms with Crippen molar-refractivity contribution in [2.24, 2.45) is 5.73 Å². The monoisotopic (exact) mass is 239 g/mol. The molecule has 0 aromatic carbocycles. The second kappa shape index (κ2) is 6.50. The summed E-state index contributed by atoms with van der Waals surface area (Å²) in [6.07, 6.45) is 6.03. The van der Waals surface area contributed by atoms with Gasteiger partial charge in [-0.3, -0.25) is 9.78 Å². The minimum Gasteiger partial charge on any atom is -0.320 e. The highest BCUT2D eigenvalue weighted by molar-refractivity contribution is 7.98. The van der Waals surface area contributed by atoms with E-state index < -0.39 is 6.04 Å². The zero-order chi connectivity index (χ0) is 12.0. The van der Waals surface area contributed by atoms with Crippen LogP contribution in [0.1, 0.15) is 6.42 Å². The summed E-state index contributed by atoms with van der Waals surface area (Å²) in [5.41, 5.74) is 6.64. The van der Waals surface area contributed by atoms with E-state index in [1.165, 1.54) is 0 Å². The molecule has 1 aromatic rings. The molecule has 0 bridgehead atoms. The zero-order valence-corrected chi connectivity index (χ0v) is 10.4. The molecule has 0 fully saturated rings. The molecule has 1 atom stereocenters. The number of carbonyl (C=O) groups excluding carboxylic acids is 1. The Hall–Kier alpha value is -1.07. The van der Waals surface area contributed by atoms with Crippen molar-refractivity contribution >= 4 is 23.4 Å². The highest BCUT2D eigenvalue weighted by Crippen LogP contribution is 2.12. The predicted molar refractivity (Wildman–Crippen MR) is 68.6 cm³/mol. The molecule has 0 saturated heterocycles. The number of thioether (sulfide) groups is 1. The van der Waals surface area contributed by atoms with Crippen LogP contribution in [0.5, 0.6) is 0 Å². The van der Waals surface area contributed by atoms with Gasteiger partial charge in [-0.25, -0.2) is 0 Å². The normalized spacial score (nSPS) is 12.2. The van der Waals surface area contributed by atoms with Crippen LogP contribution in [0.4, 0.5) is 5.69 Å². The van der Waals surface area contributed by atoms with Crippen molar-refractivity contribution in [3.05, 3.63) is 24.5 Å². The first-order valence-corrected chi connectivity index (χ1v) is 6.48. The largest absolute Gasteiger partial charge is 0.320 e. The van der Waals surface area contributed by atoms with E-state index in [4.69, 9.17) is 5.73 Å². The first kappa shape index (κ1) is 13.0. The first-order chi connectivity index (χ1) is 7.66. The van der Waals surface area contributed by atoms with E-state index >= 15 is 0 Å². The van der Waals surface area contributed by atoms with Gasteiger partial charge in [0, 0.05) is 25.1 Å². The standard InChI is InChI=1S/C11H17N3OS/c1-14(9-3-6-13-7-4-9)11(15)10(12)5-8-16-2/h3-4,6-7,10H,5,8,12H2,1-2H3/t10-/m0/s1. The van der Waals surface area contributed by atoms with Crippen molar-refractivity contribution in [2.45, 2.75) is 12.5 Å². The van der Waals surface area contributed by atoms with Gasteiger partial charge in [0.1, 0.15) is 0 Å². The SMILES string of the molecule is CSCC[C@H](N)C(=O)N(C)c1ccncc1. The maximum Gasteiger partial charge on any atom is 0.243 e. The molecule has 0 unspecified atom stereocenters. The van der Waals surface area contributed by atoms with Crippen molar-refractivity contribution in [1.29, 1.82) is 0 Å². The number of nitrogens with zero attached hydrogens (tertiary/aromatic N) is 2. The average Bonchev–Trinajstić information content (AvgIpc) is 2.35. The van der Waals surface area contributed by atoms with Crippen LogP contribution < -0.4 is 10.6 Å². The highest BCUT2D eigenvalue weighted by atomic mass is 32.2. The molecule has 0 aliphatic rings. The summed E-state index contributed by atoms with van der Waals surface area (Å²) in [4.78, 5) is 17.4. The molecule has 2 N–H and O–H groups in total. The quantitative estimate of drug-likeness (QED) is 0.836. The van der Waals surface area contributed by atoms with E-state index in [1.807, 2.05) is 6.26 Å². The third-order valence-corrected chi connectivity index (χ3v) is 2.97. The fourth-order valence-electron chi connectivity index (χ4n) is 1.31. The smallest absolute Gasteiger partial charge is 0.243 e. The summed E-state index contributed by atoms with van der Waals surface area (Å²) in [6.45, 7) is 0. The van der Waals surface area contributed by atoms with E-state index in [0.717, 1.165) is 11.4 Å². The van der Waals surface area contributed by atoms with E-state index in [9.17, 15) is 4.79 Å². The lowest BCUT2D eigenvalue weighted by Crippen LogP contribution is -2.42. The number of hydrogen-bond donors (Lipinski definition) is 1. The Morgan fingerprint density at radius 1 is 1.56 bits per heavy atom. The Balaban J connectivity index is 2.60. The lowest BCUT2D eigenvalue weighted by molar-refractivity contribution is -0.119. The average molecular weight is 239 g/mol. The van der Waals surface area contributed by atoms with E-state index in [1.54, 1.807) is 48.2 Å². The topological polar surface area (TPSA) is 59.2 Å². The number of rotatable bonds is 5. The summed E-state index contributed by atoms with van der Waals surface area (Å²) in [6, 6.07) is 3.16. The number of aromatic nitrogens is 1. The van der Waals surface area contributed by atoms with Crippen molar-refractivity contribution in [1.82, 2.24) is 4.98 Å². The van der Waals surface area contributed by atoms with Crippen LogP contribution >= 0.6 is 11.8 Å². The minimum absolute atomic E-state index is 0.0553. The maximum absolute atomic E-state index is 11.9. The molecule has 1 amide bonds. The van der Waals surface area contributed by atoms with Crippen LogP contribution in [0.3, 0.4) is 0 Å². The summed E-state index contributed by atoms with van der Waals surface area (Å²) in [7, 11) is 1.73. The molecule has 88 valence electrons. The van der Waals surface area contributed by atoms with Crippen LogP contribution in [-0.2, 0) is 4.79 Å². The lowest BCUT2D eigenvalue weighted by Gasteiger charge is -2.20. The number of likely N-dealkylation sites (N-methyl/N-ethyl adjacent to an activating group) is 1.